The summed E-state index contributed by atoms with van der Waals surface area (Å²) in [4.78, 5) is 0. The molecule has 1 nitrogen and oxygen atoms in total. The van der Waals surface area contributed by atoms with Gasteiger partial charge in [-0.1, -0.05) is 24.3 Å². The van der Waals surface area contributed by atoms with Gasteiger partial charge in [-0.2, -0.15) is 0 Å². The first-order valence-corrected chi connectivity index (χ1v) is 3.64. The molecule has 0 radical (unpaired) electrons. The summed E-state index contributed by atoms with van der Waals surface area (Å²) in [5, 5.41) is 2.51. The Kier molecular flexibility index (Phi) is 0.737. The van der Waals surface area contributed by atoms with Crippen molar-refractivity contribution in [3.05, 3.63) is 36.4 Å². The Bertz CT molecular complexity index is 391. The smallest absolute Gasteiger partial charge is 0.170 e. The second kappa shape index (κ2) is 1.56. The van der Waals surface area contributed by atoms with Crippen LogP contribution in [0.3, 0.4) is 0 Å². The topological polar surface area (TPSA) is 12.5 Å². The van der Waals surface area contributed by atoms with Crippen molar-refractivity contribution in [3.63, 3.8) is 0 Å². The highest BCUT2D eigenvalue weighted by molar-refractivity contribution is 5.88. The number of hydrogen-bond donors (Lipinski definition) is 0. The van der Waals surface area contributed by atoms with E-state index in [1.807, 2.05) is 12.1 Å². The molecule has 0 bridgehead atoms. The molecule has 0 N–H and O–H groups in total. The van der Waals surface area contributed by atoms with E-state index in [9.17, 15) is 0 Å². The summed E-state index contributed by atoms with van der Waals surface area (Å²) >= 11 is 0. The van der Waals surface area contributed by atoms with Gasteiger partial charge in [-0.3, -0.25) is 0 Å². The summed E-state index contributed by atoms with van der Waals surface area (Å²) in [7, 11) is 0. The molecule has 11 heavy (non-hydrogen) atoms. The van der Waals surface area contributed by atoms with Crippen molar-refractivity contribution in [1.29, 1.82) is 0 Å². The van der Waals surface area contributed by atoms with Crippen LogP contribution in [0.2, 0.25) is 0 Å². The molecule has 3 rings (SSSR count). The first-order valence-electron chi connectivity index (χ1n) is 3.64. The minimum Gasteiger partial charge on any atom is -0.449 e. The monoisotopic (exact) mass is 142 g/mol. The molecule has 2 aromatic rings. The van der Waals surface area contributed by atoms with Gasteiger partial charge in [-0.25, -0.2) is 0 Å². The molecule has 0 amide bonds. The van der Waals surface area contributed by atoms with Crippen molar-refractivity contribution in [1.82, 2.24) is 0 Å². The van der Waals surface area contributed by atoms with Crippen molar-refractivity contribution in [2.75, 3.05) is 0 Å². The molecule has 0 spiro atoms. The van der Waals surface area contributed by atoms with E-state index in [0.717, 1.165) is 11.5 Å². The Hall–Kier alpha value is -1.50. The predicted molar refractivity (Wildman–Crippen MR) is 44.0 cm³/mol. The molecule has 0 saturated carbocycles. The molecule has 0 aliphatic carbocycles. The minimum atomic E-state index is 1.03. The normalized spacial score (nSPS) is 12.4. The molecule has 1 heterocycles. The van der Waals surface area contributed by atoms with Crippen molar-refractivity contribution in [2.45, 2.75) is 0 Å². The van der Waals surface area contributed by atoms with Crippen molar-refractivity contribution in [3.8, 4) is 11.5 Å². The van der Waals surface area contributed by atoms with Gasteiger partial charge in [-0.05, 0) is 22.9 Å². The first-order chi connectivity index (χ1) is 5.43. The Labute approximate surface area is 64.2 Å². The van der Waals surface area contributed by atoms with Gasteiger partial charge < -0.3 is 4.74 Å². The fraction of sp³-hybridized carbons (Fsp3) is 0. The molecular weight excluding hydrogens is 136 g/mol. The standard InChI is InChI=1S/C10H6O/c1-2-4-8-6-10-9(11-10)5-7(8)3-1/h1-6H. The number of benzene rings is 2. The van der Waals surface area contributed by atoms with Gasteiger partial charge >= 0.3 is 0 Å². The van der Waals surface area contributed by atoms with Gasteiger partial charge in [0.05, 0.1) is 0 Å². The van der Waals surface area contributed by atoms with Crippen molar-refractivity contribution < 1.29 is 4.74 Å². The second-order valence-corrected chi connectivity index (χ2v) is 2.75. The van der Waals surface area contributed by atoms with Crippen LogP contribution in [-0.4, -0.2) is 0 Å². The first kappa shape index (κ1) is 5.19. The summed E-state index contributed by atoms with van der Waals surface area (Å²) in [5.74, 6) is 2.06. The van der Waals surface area contributed by atoms with E-state index in [4.69, 9.17) is 4.74 Å². The zero-order valence-corrected chi connectivity index (χ0v) is 5.87. The lowest BCUT2D eigenvalue weighted by Crippen LogP contribution is -1.63. The van der Waals surface area contributed by atoms with Crippen LogP contribution in [0, 0.1) is 0 Å². The lowest BCUT2D eigenvalue weighted by molar-refractivity contribution is 0.650. The van der Waals surface area contributed by atoms with E-state index < -0.39 is 0 Å². The quantitative estimate of drug-likeness (QED) is 0.439. The third-order valence-electron chi connectivity index (χ3n) is 1.99. The van der Waals surface area contributed by atoms with Gasteiger partial charge in [0.2, 0.25) is 0 Å². The highest BCUT2D eigenvalue weighted by atomic mass is 16.6. The van der Waals surface area contributed by atoms with Crippen LogP contribution in [0.4, 0.5) is 0 Å². The molecule has 1 heteroatoms. The average Bonchev–Trinajstić information content (AvgIpc) is 2.77. The highest BCUT2D eigenvalue weighted by Crippen LogP contribution is 2.47. The van der Waals surface area contributed by atoms with E-state index in [1.165, 1.54) is 10.8 Å². The summed E-state index contributed by atoms with van der Waals surface area (Å²) in [6.07, 6.45) is 0. The maximum absolute atomic E-state index is 5.18. The molecule has 2 aromatic carbocycles. The van der Waals surface area contributed by atoms with Crippen molar-refractivity contribution >= 4 is 10.8 Å². The third-order valence-corrected chi connectivity index (χ3v) is 1.99. The summed E-state index contributed by atoms with van der Waals surface area (Å²) in [6.45, 7) is 0. The molecule has 0 atom stereocenters. The van der Waals surface area contributed by atoms with E-state index in [2.05, 4.69) is 24.3 Å². The molecule has 1 aliphatic heterocycles. The minimum absolute atomic E-state index is 1.03. The van der Waals surface area contributed by atoms with Crippen LogP contribution in [0.15, 0.2) is 36.4 Å². The molecule has 52 valence electrons. The molecular formula is C10H6O. The van der Waals surface area contributed by atoms with Crippen LogP contribution in [-0.2, 0) is 0 Å². The number of ether oxygens (including phenoxy) is 1. The van der Waals surface area contributed by atoms with Gasteiger partial charge in [0.15, 0.2) is 11.5 Å². The van der Waals surface area contributed by atoms with E-state index in [1.54, 1.807) is 0 Å². The maximum Gasteiger partial charge on any atom is 0.170 e. The van der Waals surface area contributed by atoms with E-state index in [-0.39, 0.29) is 0 Å². The van der Waals surface area contributed by atoms with Gasteiger partial charge in [0.25, 0.3) is 0 Å². The van der Waals surface area contributed by atoms with Gasteiger partial charge in [-0.15, -0.1) is 0 Å². The Morgan fingerprint density at radius 2 is 1.36 bits per heavy atom. The van der Waals surface area contributed by atoms with Crippen LogP contribution in [0.5, 0.6) is 11.5 Å². The van der Waals surface area contributed by atoms with E-state index in [0.29, 0.717) is 0 Å². The predicted octanol–water partition coefficient (Wildman–Crippen LogP) is 2.95. The summed E-state index contributed by atoms with van der Waals surface area (Å²) in [6, 6.07) is 12.4. The summed E-state index contributed by atoms with van der Waals surface area (Å²) in [5.41, 5.74) is 0. The third kappa shape index (κ3) is 0.650. The van der Waals surface area contributed by atoms with Crippen molar-refractivity contribution in [2.24, 2.45) is 0 Å². The fourth-order valence-corrected chi connectivity index (χ4v) is 1.35. The van der Waals surface area contributed by atoms with Crippen LogP contribution < -0.4 is 4.74 Å². The largest absolute Gasteiger partial charge is 0.449 e. The van der Waals surface area contributed by atoms with Crippen LogP contribution in [0.1, 0.15) is 0 Å². The molecule has 0 aromatic heterocycles. The average molecular weight is 142 g/mol. The Morgan fingerprint density at radius 3 is 1.91 bits per heavy atom. The molecule has 0 fully saturated rings. The lowest BCUT2D eigenvalue weighted by atomic mass is 10.1. The molecule has 0 unspecified atom stereocenters. The zero-order valence-electron chi connectivity index (χ0n) is 5.87. The van der Waals surface area contributed by atoms with Gasteiger partial charge in [0, 0.05) is 0 Å². The number of hydrogen-bond acceptors (Lipinski definition) is 1. The Balaban J connectivity index is 2.51. The van der Waals surface area contributed by atoms with Crippen LogP contribution >= 0.6 is 0 Å². The highest BCUT2D eigenvalue weighted by Gasteiger charge is 2.19. The number of rotatable bonds is 0. The SMILES string of the molecule is c1ccc2cc3c(cc2c1)O3. The maximum atomic E-state index is 5.18. The van der Waals surface area contributed by atoms with Crippen LogP contribution in [0.25, 0.3) is 10.8 Å². The number of fused-ring (bicyclic) bond motifs is 2. The van der Waals surface area contributed by atoms with Gasteiger partial charge in [0.1, 0.15) is 0 Å². The fourth-order valence-electron chi connectivity index (χ4n) is 1.35. The lowest BCUT2D eigenvalue weighted by Gasteiger charge is -1.89. The Morgan fingerprint density at radius 1 is 0.818 bits per heavy atom. The molecule has 0 saturated heterocycles. The van der Waals surface area contributed by atoms with E-state index >= 15 is 0 Å². The molecule has 1 aliphatic rings. The summed E-state index contributed by atoms with van der Waals surface area (Å²) < 4.78 is 5.18. The second-order valence-electron chi connectivity index (χ2n) is 2.75. The zero-order chi connectivity index (χ0) is 7.26.